The Balaban J connectivity index is 2.42. The van der Waals surface area contributed by atoms with Crippen LogP contribution in [0.1, 0.15) is 12.5 Å². The van der Waals surface area contributed by atoms with Crippen molar-refractivity contribution in [3.63, 3.8) is 0 Å². The molecule has 0 saturated heterocycles. The largest absolute Gasteiger partial charge is 0.494 e. The van der Waals surface area contributed by atoms with E-state index < -0.39 is 5.97 Å². The van der Waals surface area contributed by atoms with E-state index in [1.165, 1.54) is 7.11 Å². The summed E-state index contributed by atoms with van der Waals surface area (Å²) in [5.41, 5.74) is 0.862. The molecule has 4 nitrogen and oxygen atoms in total. The number of rotatable bonds is 2. The van der Waals surface area contributed by atoms with Crippen molar-refractivity contribution in [2.45, 2.75) is 6.92 Å². The molecule has 18 heavy (non-hydrogen) atoms. The first kappa shape index (κ1) is 12.9. The molecule has 94 valence electrons. The van der Waals surface area contributed by atoms with Crippen LogP contribution in [0.15, 0.2) is 22.8 Å². The van der Waals surface area contributed by atoms with Crippen LogP contribution in [0.4, 0.5) is 0 Å². The minimum absolute atomic E-state index is 0.213. The van der Waals surface area contributed by atoms with Crippen LogP contribution in [0.2, 0.25) is 10.0 Å². The minimum Gasteiger partial charge on any atom is -0.494 e. The number of hydrogen-bond donors (Lipinski definition) is 0. The number of esters is 1. The van der Waals surface area contributed by atoms with E-state index in [1.54, 1.807) is 25.1 Å². The first-order valence-electron chi connectivity index (χ1n) is 5.03. The lowest BCUT2D eigenvalue weighted by molar-refractivity contribution is -0.130. The number of nitrogens with zero attached hydrogens (tertiary/aromatic N) is 1. The van der Waals surface area contributed by atoms with Crippen molar-refractivity contribution in [3.8, 4) is 5.75 Å². The van der Waals surface area contributed by atoms with Crippen molar-refractivity contribution in [3.05, 3.63) is 33.4 Å². The number of ether oxygens (including phenoxy) is 2. The molecule has 0 aliphatic carbocycles. The number of cyclic esters (lactones) is 1. The molecule has 0 bridgehead atoms. The van der Waals surface area contributed by atoms with Gasteiger partial charge in [0.2, 0.25) is 0 Å². The Morgan fingerprint density at radius 2 is 1.94 bits per heavy atom. The van der Waals surface area contributed by atoms with Gasteiger partial charge in [-0.05, 0) is 23.8 Å². The average molecular weight is 286 g/mol. The second-order valence-corrected chi connectivity index (χ2v) is 4.38. The van der Waals surface area contributed by atoms with Crippen LogP contribution in [0.3, 0.4) is 0 Å². The lowest BCUT2D eigenvalue weighted by Gasteiger charge is -2.06. The molecule has 1 aliphatic heterocycles. The first-order valence-corrected chi connectivity index (χ1v) is 5.79. The molecular formula is C12H9Cl2NO3. The van der Waals surface area contributed by atoms with Gasteiger partial charge in [0, 0.05) is 6.92 Å². The molecule has 1 aromatic carbocycles. The molecule has 0 unspecified atom stereocenters. The average Bonchev–Trinajstić information content (AvgIpc) is 2.57. The van der Waals surface area contributed by atoms with E-state index in [1.807, 2.05) is 0 Å². The van der Waals surface area contributed by atoms with Gasteiger partial charge < -0.3 is 9.47 Å². The summed E-state index contributed by atoms with van der Waals surface area (Å²) >= 11 is 12.0. The van der Waals surface area contributed by atoms with E-state index in [-0.39, 0.29) is 5.70 Å². The van der Waals surface area contributed by atoms with Crippen molar-refractivity contribution in [2.24, 2.45) is 4.99 Å². The molecule has 6 heteroatoms. The summed E-state index contributed by atoms with van der Waals surface area (Å²) in [4.78, 5) is 15.3. The predicted molar refractivity (Wildman–Crippen MR) is 70.2 cm³/mol. The van der Waals surface area contributed by atoms with Gasteiger partial charge in [0.1, 0.15) is 0 Å². The topological polar surface area (TPSA) is 47.9 Å². The quantitative estimate of drug-likeness (QED) is 0.619. The standard InChI is InChI=1S/C12H9Cl2NO3/c1-6-15-10(12(16)18-6)5-7-3-8(13)11(17-2)9(14)4-7/h3-5H,1-2H3. The summed E-state index contributed by atoms with van der Waals surface area (Å²) in [6.45, 7) is 1.60. The lowest BCUT2D eigenvalue weighted by Crippen LogP contribution is -1.99. The fraction of sp³-hybridized carbons (Fsp3) is 0.167. The Labute approximate surface area is 114 Å². The van der Waals surface area contributed by atoms with E-state index in [0.29, 0.717) is 27.3 Å². The molecule has 1 aromatic rings. The Hall–Kier alpha value is -1.52. The summed E-state index contributed by atoms with van der Waals surface area (Å²) in [5.74, 6) is 0.224. The lowest BCUT2D eigenvalue weighted by atomic mass is 10.2. The van der Waals surface area contributed by atoms with Crippen molar-refractivity contribution in [1.82, 2.24) is 0 Å². The summed E-state index contributed by atoms with van der Waals surface area (Å²) in [6.07, 6.45) is 1.55. The molecule has 1 heterocycles. The third-order valence-electron chi connectivity index (χ3n) is 2.26. The molecule has 0 fully saturated rings. The maximum atomic E-state index is 11.4. The molecule has 0 saturated carbocycles. The second-order valence-electron chi connectivity index (χ2n) is 3.57. The number of hydrogen-bond acceptors (Lipinski definition) is 4. The normalized spacial score (nSPS) is 16.8. The summed E-state index contributed by atoms with van der Waals surface area (Å²) in [7, 11) is 1.48. The first-order chi connectivity index (χ1) is 8.51. The molecule has 0 aromatic heterocycles. The Kier molecular flexibility index (Phi) is 3.59. The van der Waals surface area contributed by atoms with Crippen LogP contribution in [0.5, 0.6) is 5.75 Å². The van der Waals surface area contributed by atoms with Gasteiger partial charge in [-0.1, -0.05) is 23.2 Å². The van der Waals surface area contributed by atoms with Gasteiger partial charge >= 0.3 is 5.97 Å². The second kappa shape index (κ2) is 5.00. The number of aliphatic imine (C=N–C) groups is 1. The van der Waals surface area contributed by atoms with E-state index >= 15 is 0 Å². The zero-order valence-electron chi connectivity index (χ0n) is 9.66. The summed E-state index contributed by atoms with van der Waals surface area (Å²) < 4.78 is 9.84. The molecule has 2 rings (SSSR count). The third-order valence-corrected chi connectivity index (χ3v) is 2.82. The molecule has 0 N–H and O–H groups in total. The molecule has 1 aliphatic rings. The van der Waals surface area contributed by atoms with Crippen molar-refractivity contribution >= 4 is 41.1 Å². The number of carbonyl (C=O) groups excluding carboxylic acids is 1. The maximum Gasteiger partial charge on any atom is 0.363 e. The molecule has 0 spiro atoms. The molecular weight excluding hydrogens is 277 g/mol. The maximum absolute atomic E-state index is 11.4. The monoisotopic (exact) mass is 285 g/mol. The van der Waals surface area contributed by atoms with E-state index in [0.717, 1.165) is 0 Å². The van der Waals surface area contributed by atoms with E-state index in [2.05, 4.69) is 4.99 Å². The van der Waals surface area contributed by atoms with Gasteiger partial charge in [-0.15, -0.1) is 0 Å². The van der Waals surface area contributed by atoms with E-state index in [4.69, 9.17) is 32.7 Å². The highest BCUT2D eigenvalue weighted by Crippen LogP contribution is 2.34. The summed E-state index contributed by atoms with van der Waals surface area (Å²) in [5, 5.41) is 0.729. The number of benzene rings is 1. The third kappa shape index (κ3) is 2.49. The van der Waals surface area contributed by atoms with Crippen LogP contribution in [0.25, 0.3) is 6.08 Å². The Morgan fingerprint density at radius 3 is 2.39 bits per heavy atom. The van der Waals surface area contributed by atoms with Gasteiger partial charge in [-0.2, -0.15) is 0 Å². The molecule has 0 radical (unpaired) electrons. The number of halogens is 2. The van der Waals surface area contributed by atoms with Crippen LogP contribution in [-0.4, -0.2) is 19.0 Å². The van der Waals surface area contributed by atoms with Crippen LogP contribution in [-0.2, 0) is 9.53 Å². The van der Waals surface area contributed by atoms with Crippen LogP contribution >= 0.6 is 23.2 Å². The highest BCUT2D eigenvalue weighted by Gasteiger charge is 2.20. The van der Waals surface area contributed by atoms with Crippen molar-refractivity contribution < 1.29 is 14.3 Å². The number of carbonyl (C=O) groups is 1. The molecule has 0 amide bonds. The van der Waals surface area contributed by atoms with Crippen molar-refractivity contribution in [2.75, 3.05) is 7.11 Å². The van der Waals surface area contributed by atoms with Gasteiger partial charge in [0.05, 0.1) is 17.2 Å². The van der Waals surface area contributed by atoms with E-state index in [9.17, 15) is 4.79 Å². The Bertz CT molecular complexity index is 556. The van der Waals surface area contributed by atoms with Gasteiger partial charge in [-0.25, -0.2) is 9.79 Å². The van der Waals surface area contributed by atoms with Gasteiger partial charge in [0.15, 0.2) is 17.3 Å². The fourth-order valence-corrected chi connectivity index (χ4v) is 2.19. The highest BCUT2D eigenvalue weighted by atomic mass is 35.5. The predicted octanol–water partition coefficient (Wildman–Crippen LogP) is 3.32. The zero-order chi connectivity index (χ0) is 13.3. The fourth-order valence-electron chi connectivity index (χ4n) is 1.53. The Morgan fingerprint density at radius 1 is 1.33 bits per heavy atom. The smallest absolute Gasteiger partial charge is 0.363 e. The number of methoxy groups -OCH3 is 1. The molecule has 0 atom stereocenters. The van der Waals surface area contributed by atoms with Gasteiger partial charge in [0.25, 0.3) is 0 Å². The zero-order valence-corrected chi connectivity index (χ0v) is 11.2. The van der Waals surface area contributed by atoms with Crippen LogP contribution in [0, 0.1) is 0 Å². The van der Waals surface area contributed by atoms with Crippen molar-refractivity contribution in [1.29, 1.82) is 0 Å². The highest BCUT2D eigenvalue weighted by molar-refractivity contribution is 6.37. The SMILES string of the molecule is COc1c(Cl)cc(C=C2N=C(C)OC2=O)cc1Cl. The van der Waals surface area contributed by atoms with Crippen LogP contribution < -0.4 is 4.74 Å². The minimum atomic E-state index is -0.490. The summed E-state index contributed by atoms with van der Waals surface area (Å²) in [6, 6.07) is 3.27. The van der Waals surface area contributed by atoms with Gasteiger partial charge in [-0.3, -0.25) is 0 Å².